The zero-order valence-electron chi connectivity index (χ0n) is 36.8. The topological polar surface area (TPSA) is 110 Å². The molecule has 1 aliphatic rings. The van der Waals surface area contributed by atoms with Crippen molar-refractivity contribution in [3.8, 4) is 73.4 Å². The lowest BCUT2D eigenvalue weighted by Gasteiger charge is -2.34. The maximum atomic E-state index is 6.23. The highest BCUT2D eigenvalue weighted by molar-refractivity contribution is 7.21. The highest BCUT2D eigenvalue weighted by atomic mass is 32.1. The number of hydrogen-bond acceptors (Lipinski definition) is 13. The summed E-state index contributed by atoms with van der Waals surface area (Å²) in [6.45, 7) is 8.25. The van der Waals surface area contributed by atoms with Crippen LogP contribution in [0.2, 0.25) is 0 Å². The van der Waals surface area contributed by atoms with Crippen molar-refractivity contribution in [2.45, 2.75) is 51.4 Å². The molecule has 2 aromatic heterocycles. The first-order valence-electron chi connectivity index (χ1n) is 21.7. The molecule has 1 fully saturated rings. The van der Waals surface area contributed by atoms with E-state index in [1.54, 1.807) is 46.9 Å². The van der Waals surface area contributed by atoms with Crippen molar-refractivity contribution in [3.63, 3.8) is 0 Å². The molecule has 0 aliphatic carbocycles. The van der Waals surface area contributed by atoms with Gasteiger partial charge in [-0.15, -0.1) is 11.3 Å². The molecule has 1 saturated heterocycles. The van der Waals surface area contributed by atoms with Gasteiger partial charge in [0, 0.05) is 48.9 Å². The highest BCUT2D eigenvalue weighted by Crippen LogP contribution is 2.42. The minimum absolute atomic E-state index is 0.522. The molecule has 13 heteroatoms. The fraction of sp³-hybridized carbons (Fsp3) is 0.429. The van der Waals surface area contributed by atoms with Crippen molar-refractivity contribution >= 4 is 21.6 Å². The number of hydrogen-bond donors (Lipinski definition) is 0. The standard InChI is InChI=1S/C49H60N4O8S/c1-54-40-20-18-35(42-34-39(51-61-42)37-32-45(56-3)48(58-5)46(33-37)57-4)30-43(40)59-28-14-8-6-12-22-52-24-26-53(27-25-52)23-13-7-9-15-29-60-44-31-36(19-21-41(44)55-2)49-50-38-16-10-11-17-47(38)62-49/h10-11,16-21,30-34H,6-9,12-15,22-29H2,1-5H3. The number of rotatable bonds is 24. The van der Waals surface area contributed by atoms with E-state index in [1.165, 1.54) is 36.9 Å². The second-order valence-electron chi connectivity index (χ2n) is 15.4. The summed E-state index contributed by atoms with van der Waals surface area (Å²) in [6.07, 6.45) is 9.13. The van der Waals surface area contributed by atoms with Gasteiger partial charge in [0.2, 0.25) is 5.75 Å². The number of nitrogens with zero attached hydrogens (tertiary/aromatic N) is 4. The number of ether oxygens (including phenoxy) is 7. The minimum Gasteiger partial charge on any atom is -0.493 e. The fourth-order valence-electron chi connectivity index (χ4n) is 7.82. The van der Waals surface area contributed by atoms with Crippen molar-refractivity contribution < 1.29 is 37.7 Å². The predicted molar refractivity (Wildman–Crippen MR) is 246 cm³/mol. The number of methoxy groups -OCH3 is 5. The van der Waals surface area contributed by atoms with Gasteiger partial charge in [-0.1, -0.05) is 43.0 Å². The third-order valence-corrected chi connectivity index (χ3v) is 12.4. The molecule has 0 spiro atoms. The lowest BCUT2D eigenvalue weighted by molar-refractivity contribution is 0.128. The lowest BCUT2D eigenvalue weighted by Crippen LogP contribution is -2.46. The summed E-state index contributed by atoms with van der Waals surface area (Å²) in [7, 11) is 8.10. The third-order valence-electron chi connectivity index (χ3n) is 11.3. The monoisotopic (exact) mass is 864 g/mol. The van der Waals surface area contributed by atoms with Gasteiger partial charge >= 0.3 is 0 Å². The maximum absolute atomic E-state index is 6.23. The summed E-state index contributed by atoms with van der Waals surface area (Å²) in [5, 5.41) is 5.31. The second kappa shape index (κ2) is 22.6. The number of fused-ring (bicyclic) bond motifs is 1. The summed E-state index contributed by atoms with van der Waals surface area (Å²) in [4.78, 5) is 10.1. The molecule has 0 saturated carbocycles. The van der Waals surface area contributed by atoms with Crippen LogP contribution in [0.5, 0.6) is 40.2 Å². The molecule has 12 nitrogen and oxygen atoms in total. The van der Waals surface area contributed by atoms with Crippen molar-refractivity contribution in [1.29, 1.82) is 0 Å². The van der Waals surface area contributed by atoms with E-state index in [0.717, 1.165) is 97.1 Å². The van der Waals surface area contributed by atoms with E-state index in [-0.39, 0.29) is 0 Å². The summed E-state index contributed by atoms with van der Waals surface area (Å²) >= 11 is 1.70. The number of para-hydroxylation sites is 1. The van der Waals surface area contributed by atoms with Crippen LogP contribution in [0.25, 0.3) is 43.4 Å². The number of unbranched alkanes of at least 4 members (excludes halogenated alkanes) is 6. The Hall–Kier alpha value is -5.50. The Morgan fingerprint density at radius 3 is 1.63 bits per heavy atom. The number of thiazole rings is 1. The van der Waals surface area contributed by atoms with E-state index in [4.69, 9.17) is 42.7 Å². The molecular weight excluding hydrogens is 805 g/mol. The van der Waals surface area contributed by atoms with Gasteiger partial charge in [0.1, 0.15) is 10.7 Å². The molecule has 330 valence electrons. The lowest BCUT2D eigenvalue weighted by atomic mass is 10.1. The molecular formula is C49H60N4O8S. The molecule has 0 N–H and O–H groups in total. The largest absolute Gasteiger partial charge is 0.493 e. The van der Waals surface area contributed by atoms with Gasteiger partial charge < -0.3 is 47.5 Å². The van der Waals surface area contributed by atoms with Crippen LogP contribution in [0, 0.1) is 0 Å². The first-order valence-corrected chi connectivity index (χ1v) is 22.5. The molecule has 3 heterocycles. The van der Waals surface area contributed by atoms with E-state index < -0.39 is 0 Å². The van der Waals surface area contributed by atoms with E-state index in [1.807, 2.05) is 48.5 Å². The second-order valence-corrected chi connectivity index (χ2v) is 16.4. The molecule has 62 heavy (non-hydrogen) atoms. The Kier molecular flexibility index (Phi) is 16.2. The molecule has 0 radical (unpaired) electrons. The zero-order chi connectivity index (χ0) is 43.1. The molecule has 7 rings (SSSR count). The van der Waals surface area contributed by atoms with Gasteiger partial charge in [0.15, 0.2) is 40.3 Å². The van der Waals surface area contributed by atoms with E-state index in [2.05, 4.69) is 45.3 Å². The van der Waals surface area contributed by atoms with Crippen LogP contribution in [0.15, 0.2) is 83.4 Å². The smallest absolute Gasteiger partial charge is 0.203 e. The number of aromatic nitrogens is 2. The SMILES string of the molecule is COc1ccc(-c2cc(-c3cc(OC)c(OC)c(OC)c3)no2)cc1OCCCCCCN1CCN(CCCCCCOc2cc(-c3nc4ccccc4s3)ccc2OC)CC1. The summed E-state index contributed by atoms with van der Waals surface area (Å²) in [5.41, 5.74) is 4.35. The van der Waals surface area contributed by atoms with Gasteiger partial charge in [-0.25, -0.2) is 4.98 Å². The van der Waals surface area contributed by atoms with E-state index >= 15 is 0 Å². The van der Waals surface area contributed by atoms with Crippen molar-refractivity contribution in [3.05, 3.63) is 78.9 Å². The average Bonchev–Trinajstić information content (AvgIpc) is 3.99. The average molecular weight is 865 g/mol. The Morgan fingerprint density at radius 1 is 0.532 bits per heavy atom. The molecule has 4 aromatic carbocycles. The third kappa shape index (κ3) is 11.5. The molecule has 0 unspecified atom stereocenters. The van der Waals surface area contributed by atoms with Crippen LogP contribution < -0.4 is 33.2 Å². The Labute approximate surface area is 369 Å². The highest BCUT2D eigenvalue weighted by Gasteiger charge is 2.19. The molecule has 0 amide bonds. The summed E-state index contributed by atoms with van der Waals surface area (Å²) < 4.78 is 47.1. The van der Waals surface area contributed by atoms with E-state index in [9.17, 15) is 0 Å². The van der Waals surface area contributed by atoms with Gasteiger partial charge in [-0.3, -0.25) is 0 Å². The van der Waals surface area contributed by atoms with Crippen LogP contribution in [-0.4, -0.2) is 108 Å². The molecule has 1 aliphatic heterocycles. The maximum Gasteiger partial charge on any atom is 0.203 e. The fourth-order valence-corrected chi connectivity index (χ4v) is 8.78. The Bertz CT molecular complexity index is 2260. The van der Waals surface area contributed by atoms with Gasteiger partial charge in [-0.2, -0.15) is 0 Å². The zero-order valence-corrected chi connectivity index (χ0v) is 37.6. The molecule has 6 aromatic rings. The normalized spacial score (nSPS) is 13.3. The van der Waals surface area contributed by atoms with Gasteiger partial charge in [0.05, 0.1) is 59.0 Å². The molecule has 0 bridgehead atoms. The Morgan fingerprint density at radius 2 is 1.06 bits per heavy atom. The van der Waals surface area contributed by atoms with Crippen molar-refractivity contribution in [2.75, 3.05) is 88.0 Å². The van der Waals surface area contributed by atoms with Crippen LogP contribution in [0.1, 0.15) is 51.4 Å². The minimum atomic E-state index is 0.522. The quantitative estimate of drug-likeness (QED) is 0.0540. The molecule has 0 atom stereocenters. The summed E-state index contributed by atoms with van der Waals surface area (Å²) in [5.74, 6) is 5.13. The van der Waals surface area contributed by atoms with Crippen LogP contribution in [0.3, 0.4) is 0 Å². The Balaban J connectivity index is 0.746. The first kappa shape index (κ1) is 44.6. The number of benzene rings is 4. The summed E-state index contributed by atoms with van der Waals surface area (Å²) in [6, 6.07) is 25.7. The first-order chi connectivity index (χ1) is 30.5. The van der Waals surface area contributed by atoms with E-state index in [0.29, 0.717) is 53.4 Å². The van der Waals surface area contributed by atoms with Crippen LogP contribution >= 0.6 is 11.3 Å². The predicted octanol–water partition coefficient (Wildman–Crippen LogP) is 10.5. The van der Waals surface area contributed by atoms with Gasteiger partial charge in [0.25, 0.3) is 0 Å². The van der Waals surface area contributed by atoms with Crippen molar-refractivity contribution in [2.24, 2.45) is 0 Å². The van der Waals surface area contributed by atoms with Crippen molar-refractivity contribution in [1.82, 2.24) is 19.9 Å². The van der Waals surface area contributed by atoms with Gasteiger partial charge in [-0.05, 0) is 99.4 Å². The number of piperazine rings is 1. The van der Waals surface area contributed by atoms with Crippen LogP contribution in [0.4, 0.5) is 0 Å². The van der Waals surface area contributed by atoms with Crippen LogP contribution in [-0.2, 0) is 0 Å².